The number of pyridine rings is 1. The Balaban J connectivity index is 0. The smallest absolute Gasteiger partial charge is 0.414 e. The monoisotopic (exact) mass is 403 g/mol. The molecule has 0 bridgehead atoms. The van der Waals surface area contributed by atoms with Crippen LogP contribution in [0.3, 0.4) is 0 Å². The Morgan fingerprint density at radius 2 is 1.36 bits per heavy atom. The van der Waals surface area contributed by atoms with Crippen LogP contribution in [0.1, 0.15) is 18.4 Å². The predicted molar refractivity (Wildman–Crippen MR) is 95.8 cm³/mol. The standard InChI is InChI=1S/C12H19N3.2C2H2O4.H2O/c1-15-8-4-12(5-9-15)14-10-11-2-6-13-7-3-11;2*3-1(4)2(5)6;/h2-3,6-7,12,14H,4-5,8-10H2,1H3;2*(H,3,4)(H,5,6);1H2. The number of rotatable bonds is 3. The molecule has 12 nitrogen and oxygen atoms in total. The molecule has 1 aromatic rings. The Morgan fingerprint density at radius 3 is 1.71 bits per heavy atom. The zero-order chi connectivity index (χ0) is 20.8. The van der Waals surface area contributed by atoms with Gasteiger partial charge in [-0.1, -0.05) is 0 Å². The molecule has 1 aliphatic heterocycles. The fraction of sp³-hybridized carbons (Fsp3) is 0.438. The summed E-state index contributed by atoms with van der Waals surface area (Å²) in [5.74, 6) is -7.30. The number of nitrogens with zero attached hydrogens (tertiary/aromatic N) is 2. The molecule has 0 aliphatic carbocycles. The van der Waals surface area contributed by atoms with E-state index >= 15 is 0 Å². The number of hydrogen-bond acceptors (Lipinski definition) is 7. The average Bonchev–Trinajstić information content (AvgIpc) is 2.63. The van der Waals surface area contributed by atoms with Crippen LogP contribution in [-0.2, 0) is 25.7 Å². The van der Waals surface area contributed by atoms with E-state index in [9.17, 15) is 0 Å². The number of hydrogen-bond donors (Lipinski definition) is 5. The molecule has 2 rings (SSSR count). The fourth-order valence-corrected chi connectivity index (χ4v) is 1.98. The molecule has 2 heterocycles. The van der Waals surface area contributed by atoms with E-state index in [1.807, 2.05) is 12.4 Å². The second-order valence-electron chi connectivity index (χ2n) is 5.53. The van der Waals surface area contributed by atoms with Crippen molar-refractivity contribution in [2.24, 2.45) is 0 Å². The summed E-state index contributed by atoms with van der Waals surface area (Å²) in [5.41, 5.74) is 1.32. The highest BCUT2D eigenvalue weighted by Gasteiger charge is 2.15. The van der Waals surface area contributed by atoms with Crippen molar-refractivity contribution in [3.63, 3.8) is 0 Å². The zero-order valence-electron chi connectivity index (χ0n) is 15.2. The molecule has 1 saturated heterocycles. The first kappa shape index (κ1) is 27.1. The second-order valence-corrected chi connectivity index (χ2v) is 5.53. The van der Waals surface area contributed by atoms with Gasteiger partial charge >= 0.3 is 23.9 Å². The summed E-state index contributed by atoms with van der Waals surface area (Å²) < 4.78 is 0. The average molecular weight is 403 g/mol. The van der Waals surface area contributed by atoms with E-state index in [2.05, 4.69) is 34.4 Å². The number of piperidine rings is 1. The number of carboxylic acid groups (broad SMARTS) is 4. The van der Waals surface area contributed by atoms with Gasteiger partial charge in [0.2, 0.25) is 0 Å². The normalized spacial score (nSPS) is 13.5. The third kappa shape index (κ3) is 14.1. The Bertz CT molecular complexity index is 569. The van der Waals surface area contributed by atoms with Crippen molar-refractivity contribution < 1.29 is 45.1 Å². The van der Waals surface area contributed by atoms with Crippen LogP contribution in [0.2, 0.25) is 0 Å². The molecule has 1 fully saturated rings. The van der Waals surface area contributed by atoms with Gasteiger partial charge in [0.1, 0.15) is 0 Å². The van der Waals surface area contributed by atoms with E-state index in [1.165, 1.54) is 31.5 Å². The molecular weight excluding hydrogens is 378 g/mol. The van der Waals surface area contributed by atoms with Gasteiger partial charge in [-0.05, 0) is 50.7 Å². The second kappa shape index (κ2) is 15.0. The third-order valence-corrected chi connectivity index (χ3v) is 3.43. The van der Waals surface area contributed by atoms with Gasteiger partial charge in [-0.3, -0.25) is 4.98 Å². The lowest BCUT2D eigenvalue weighted by atomic mass is 10.1. The van der Waals surface area contributed by atoms with Gasteiger partial charge in [0.15, 0.2) is 0 Å². The van der Waals surface area contributed by atoms with Gasteiger partial charge in [-0.25, -0.2) is 19.2 Å². The molecule has 7 N–H and O–H groups in total. The van der Waals surface area contributed by atoms with Crippen LogP contribution in [0.5, 0.6) is 0 Å². The van der Waals surface area contributed by atoms with Crippen LogP contribution in [0.15, 0.2) is 24.5 Å². The van der Waals surface area contributed by atoms with Crippen molar-refractivity contribution in [2.45, 2.75) is 25.4 Å². The van der Waals surface area contributed by atoms with Crippen LogP contribution < -0.4 is 5.32 Å². The summed E-state index contributed by atoms with van der Waals surface area (Å²) >= 11 is 0. The Kier molecular flexibility index (Phi) is 14.5. The highest BCUT2D eigenvalue weighted by molar-refractivity contribution is 6.27. The molecule has 0 spiro atoms. The molecular formula is C16H25N3O9. The van der Waals surface area contributed by atoms with Crippen LogP contribution in [-0.4, -0.2) is 85.8 Å². The van der Waals surface area contributed by atoms with E-state index in [-0.39, 0.29) is 5.48 Å². The summed E-state index contributed by atoms with van der Waals surface area (Å²) in [7, 11) is 2.19. The molecule has 0 aromatic carbocycles. The predicted octanol–water partition coefficient (Wildman–Crippen LogP) is -1.25. The highest BCUT2D eigenvalue weighted by atomic mass is 16.4. The summed E-state index contributed by atoms with van der Waals surface area (Å²) in [5, 5.41) is 33.2. The quantitative estimate of drug-likeness (QED) is 0.376. The molecule has 0 unspecified atom stereocenters. The number of aliphatic carboxylic acids is 4. The lowest BCUT2D eigenvalue weighted by Gasteiger charge is -2.29. The van der Waals surface area contributed by atoms with Crippen molar-refractivity contribution >= 4 is 23.9 Å². The minimum Gasteiger partial charge on any atom is -0.473 e. The highest BCUT2D eigenvalue weighted by Crippen LogP contribution is 2.09. The van der Waals surface area contributed by atoms with Crippen LogP contribution in [0.4, 0.5) is 0 Å². The van der Waals surface area contributed by atoms with Crippen LogP contribution in [0, 0.1) is 0 Å². The lowest BCUT2D eigenvalue weighted by molar-refractivity contribution is -0.159. The van der Waals surface area contributed by atoms with Crippen LogP contribution >= 0.6 is 0 Å². The van der Waals surface area contributed by atoms with Gasteiger partial charge in [0.25, 0.3) is 0 Å². The summed E-state index contributed by atoms with van der Waals surface area (Å²) in [6.07, 6.45) is 6.24. The maximum absolute atomic E-state index is 9.10. The van der Waals surface area contributed by atoms with E-state index in [0.717, 1.165) is 6.54 Å². The first-order valence-corrected chi connectivity index (χ1v) is 7.86. The van der Waals surface area contributed by atoms with E-state index in [0.29, 0.717) is 6.04 Å². The Morgan fingerprint density at radius 1 is 0.964 bits per heavy atom. The maximum Gasteiger partial charge on any atom is 0.414 e. The summed E-state index contributed by atoms with van der Waals surface area (Å²) in [6.45, 7) is 3.40. The lowest BCUT2D eigenvalue weighted by Crippen LogP contribution is -2.40. The summed E-state index contributed by atoms with van der Waals surface area (Å²) in [4.78, 5) is 42.8. The SMILES string of the molecule is CN1CCC(NCc2ccncc2)CC1.O.O=C(O)C(=O)O.O=C(O)C(=O)O. The first-order valence-electron chi connectivity index (χ1n) is 7.86. The topological polar surface area (TPSA) is 209 Å². The van der Waals surface area contributed by atoms with Crippen molar-refractivity contribution in [2.75, 3.05) is 20.1 Å². The van der Waals surface area contributed by atoms with Gasteiger partial charge in [-0.2, -0.15) is 0 Å². The van der Waals surface area contributed by atoms with E-state index < -0.39 is 23.9 Å². The van der Waals surface area contributed by atoms with Gasteiger partial charge < -0.3 is 36.1 Å². The molecule has 1 aromatic heterocycles. The Hall–Kier alpha value is -3.09. The molecule has 0 amide bonds. The number of carbonyl (C=O) groups is 4. The fourth-order valence-electron chi connectivity index (χ4n) is 1.98. The zero-order valence-corrected chi connectivity index (χ0v) is 15.2. The van der Waals surface area contributed by atoms with E-state index in [1.54, 1.807) is 0 Å². The number of carboxylic acids is 4. The van der Waals surface area contributed by atoms with Crippen molar-refractivity contribution in [1.82, 2.24) is 15.2 Å². The Labute approximate surface area is 160 Å². The van der Waals surface area contributed by atoms with Crippen molar-refractivity contribution in [1.29, 1.82) is 0 Å². The first-order chi connectivity index (χ1) is 12.6. The summed E-state index contributed by atoms with van der Waals surface area (Å²) in [6, 6.07) is 4.83. The molecule has 158 valence electrons. The third-order valence-electron chi connectivity index (χ3n) is 3.43. The molecule has 1 aliphatic rings. The molecule has 0 saturated carbocycles. The van der Waals surface area contributed by atoms with Gasteiger partial charge in [0, 0.05) is 25.0 Å². The molecule has 0 radical (unpaired) electrons. The molecule has 12 heteroatoms. The van der Waals surface area contributed by atoms with Crippen LogP contribution in [0.25, 0.3) is 0 Å². The molecule has 0 atom stereocenters. The van der Waals surface area contributed by atoms with E-state index in [4.69, 9.17) is 39.6 Å². The largest absolute Gasteiger partial charge is 0.473 e. The minimum absolute atomic E-state index is 0. The van der Waals surface area contributed by atoms with Gasteiger partial charge in [0.05, 0.1) is 0 Å². The van der Waals surface area contributed by atoms with Crippen molar-refractivity contribution in [3.05, 3.63) is 30.1 Å². The number of nitrogens with one attached hydrogen (secondary N) is 1. The minimum atomic E-state index is -1.82. The van der Waals surface area contributed by atoms with Gasteiger partial charge in [-0.15, -0.1) is 0 Å². The number of likely N-dealkylation sites (tertiary alicyclic amines) is 1. The van der Waals surface area contributed by atoms with Crippen molar-refractivity contribution in [3.8, 4) is 0 Å². The number of aromatic nitrogens is 1. The molecule has 28 heavy (non-hydrogen) atoms. The maximum atomic E-state index is 9.10.